The number of sulfonamides is 1. The summed E-state index contributed by atoms with van der Waals surface area (Å²) >= 11 is 0. The van der Waals surface area contributed by atoms with Gasteiger partial charge in [0, 0.05) is 19.2 Å². The fourth-order valence-corrected chi connectivity index (χ4v) is 4.23. The molecule has 2 aromatic rings. The molecule has 9 heteroatoms. The zero-order valence-electron chi connectivity index (χ0n) is 20.7. The number of carbonyl (C=O) groups excluding carboxylic acids is 2. The van der Waals surface area contributed by atoms with E-state index < -0.39 is 28.5 Å². The minimum absolute atomic E-state index is 0.178. The molecule has 34 heavy (non-hydrogen) atoms. The summed E-state index contributed by atoms with van der Waals surface area (Å²) in [6, 6.07) is 13.3. The summed E-state index contributed by atoms with van der Waals surface area (Å²) < 4.78 is 31.5. The minimum Gasteiger partial charge on any atom is -0.497 e. The van der Waals surface area contributed by atoms with E-state index in [1.807, 2.05) is 45.0 Å². The Morgan fingerprint density at radius 3 is 2.32 bits per heavy atom. The van der Waals surface area contributed by atoms with Gasteiger partial charge in [0.05, 0.1) is 19.1 Å². The van der Waals surface area contributed by atoms with Crippen molar-refractivity contribution < 1.29 is 22.7 Å². The molecule has 0 aliphatic rings. The summed E-state index contributed by atoms with van der Waals surface area (Å²) in [5.41, 5.74) is 2.16. The van der Waals surface area contributed by atoms with Gasteiger partial charge in [0.2, 0.25) is 21.8 Å². The van der Waals surface area contributed by atoms with Gasteiger partial charge < -0.3 is 15.0 Å². The highest BCUT2D eigenvalue weighted by atomic mass is 32.2. The Morgan fingerprint density at radius 2 is 1.74 bits per heavy atom. The first-order valence-corrected chi connectivity index (χ1v) is 13.0. The van der Waals surface area contributed by atoms with Gasteiger partial charge in [0.15, 0.2) is 0 Å². The summed E-state index contributed by atoms with van der Waals surface area (Å²) in [5, 5.41) is 2.87. The van der Waals surface area contributed by atoms with E-state index in [1.54, 1.807) is 31.2 Å². The van der Waals surface area contributed by atoms with Crippen molar-refractivity contribution in [3.05, 3.63) is 59.7 Å². The predicted octanol–water partition coefficient (Wildman–Crippen LogP) is 2.96. The van der Waals surface area contributed by atoms with Gasteiger partial charge in [0.1, 0.15) is 18.3 Å². The van der Waals surface area contributed by atoms with E-state index in [-0.39, 0.29) is 18.4 Å². The molecular formula is C25H35N3O5S. The normalized spacial score (nSPS) is 12.2. The predicted molar refractivity (Wildman–Crippen MR) is 134 cm³/mol. The SMILES string of the molecule is COc1cccc(N(CC(=O)N(Cc2ccccc2C)C(C)C(=O)NCC(C)C)S(C)(=O)=O)c1. The number of nitrogens with zero attached hydrogens (tertiary/aromatic N) is 2. The van der Waals surface area contributed by atoms with Gasteiger partial charge in [-0.05, 0) is 43.0 Å². The maximum Gasteiger partial charge on any atom is 0.244 e. The van der Waals surface area contributed by atoms with E-state index in [0.717, 1.165) is 21.7 Å². The molecule has 2 amide bonds. The fourth-order valence-electron chi connectivity index (χ4n) is 3.39. The standard InChI is InChI=1S/C25H35N3O5S/c1-18(2)15-26-25(30)20(4)27(16-21-11-8-7-10-19(21)3)24(29)17-28(34(6,31)32)22-12-9-13-23(14-22)33-5/h7-14,18,20H,15-17H2,1-6H3,(H,26,30). The molecule has 1 N–H and O–H groups in total. The number of anilines is 1. The van der Waals surface area contributed by atoms with Crippen molar-refractivity contribution in [3.8, 4) is 5.75 Å². The Hall–Kier alpha value is -3.07. The van der Waals surface area contributed by atoms with E-state index in [0.29, 0.717) is 18.0 Å². The van der Waals surface area contributed by atoms with Gasteiger partial charge in [0.25, 0.3) is 0 Å². The number of benzene rings is 2. The first-order valence-electron chi connectivity index (χ1n) is 11.2. The second kappa shape index (κ2) is 11.9. The average Bonchev–Trinajstić information content (AvgIpc) is 2.79. The van der Waals surface area contributed by atoms with Gasteiger partial charge in [-0.3, -0.25) is 13.9 Å². The molecule has 0 aliphatic heterocycles. The van der Waals surface area contributed by atoms with E-state index >= 15 is 0 Å². The Kier molecular flexibility index (Phi) is 9.49. The number of carbonyl (C=O) groups is 2. The molecule has 0 heterocycles. The first kappa shape index (κ1) is 27.2. The molecule has 0 fully saturated rings. The fraction of sp³-hybridized carbons (Fsp3) is 0.440. The summed E-state index contributed by atoms with van der Waals surface area (Å²) in [6.07, 6.45) is 1.05. The molecule has 0 radical (unpaired) electrons. The van der Waals surface area contributed by atoms with Crippen LogP contribution in [-0.2, 0) is 26.2 Å². The van der Waals surface area contributed by atoms with E-state index in [9.17, 15) is 18.0 Å². The van der Waals surface area contributed by atoms with Crippen molar-refractivity contribution in [3.63, 3.8) is 0 Å². The van der Waals surface area contributed by atoms with Crippen LogP contribution in [0.1, 0.15) is 31.9 Å². The lowest BCUT2D eigenvalue weighted by atomic mass is 10.1. The summed E-state index contributed by atoms with van der Waals surface area (Å²) in [7, 11) is -2.31. The van der Waals surface area contributed by atoms with Crippen LogP contribution in [0.25, 0.3) is 0 Å². The topological polar surface area (TPSA) is 96.0 Å². The third-order valence-corrected chi connectivity index (χ3v) is 6.61. The van der Waals surface area contributed by atoms with Crippen LogP contribution in [0.15, 0.2) is 48.5 Å². The van der Waals surface area contributed by atoms with E-state index in [1.165, 1.54) is 12.0 Å². The highest BCUT2D eigenvalue weighted by Gasteiger charge is 2.30. The maximum absolute atomic E-state index is 13.5. The maximum atomic E-state index is 13.5. The Balaban J connectivity index is 2.39. The number of nitrogens with one attached hydrogen (secondary N) is 1. The van der Waals surface area contributed by atoms with Crippen molar-refractivity contribution in [1.29, 1.82) is 0 Å². The Bertz CT molecular complexity index is 1100. The van der Waals surface area contributed by atoms with Crippen molar-refractivity contribution >= 4 is 27.5 Å². The largest absolute Gasteiger partial charge is 0.497 e. The molecule has 0 aliphatic carbocycles. The van der Waals surface area contributed by atoms with Crippen LogP contribution >= 0.6 is 0 Å². The van der Waals surface area contributed by atoms with E-state index in [4.69, 9.17) is 4.74 Å². The van der Waals surface area contributed by atoms with Crippen LogP contribution in [0.4, 0.5) is 5.69 Å². The third kappa shape index (κ3) is 7.48. The number of hydrogen-bond acceptors (Lipinski definition) is 5. The molecule has 2 rings (SSSR count). The van der Waals surface area contributed by atoms with E-state index in [2.05, 4.69) is 5.32 Å². The molecular weight excluding hydrogens is 454 g/mol. The van der Waals surface area contributed by atoms with Gasteiger partial charge in [-0.1, -0.05) is 44.2 Å². The molecule has 8 nitrogen and oxygen atoms in total. The van der Waals surface area contributed by atoms with Crippen molar-refractivity contribution in [2.75, 3.05) is 30.8 Å². The molecule has 2 aromatic carbocycles. The van der Waals surface area contributed by atoms with Crippen LogP contribution in [0.2, 0.25) is 0 Å². The van der Waals surface area contributed by atoms with Gasteiger partial charge in [-0.2, -0.15) is 0 Å². The second-order valence-corrected chi connectivity index (χ2v) is 10.6. The lowest BCUT2D eigenvalue weighted by molar-refractivity contribution is -0.139. The first-order chi connectivity index (χ1) is 15.9. The smallest absolute Gasteiger partial charge is 0.244 e. The van der Waals surface area contributed by atoms with Crippen LogP contribution in [0.5, 0.6) is 5.75 Å². The molecule has 0 aromatic heterocycles. The van der Waals surface area contributed by atoms with Crippen LogP contribution < -0.4 is 14.4 Å². The molecule has 0 bridgehead atoms. The zero-order chi connectivity index (χ0) is 25.5. The Labute approximate surface area is 202 Å². The number of amides is 2. The van der Waals surface area contributed by atoms with Crippen molar-refractivity contribution in [2.24, 2.45) is 5.92 Å². The third-order valence-electron chi connectivity index (χ3n) is 5.47. The lowest BCUT2D eigenvalue weighted by Crippen LogP contribution is -2.51. The van der Waals surface area contributed by atoms with Crippen molar-refractivity contribution in [2.45, 2.75) is 40.3 Å². The van der Waals surface area contributed by atoms with Crippen LogP contribution in [-0.4, -0.2) is 57.6 Å². The number of hydrogen-bond donors (Lipinski definition) is 1. The number of aryl methyl sites for hydroxylation is 1. The molecule has 0 spiro atoms. The van der Waals surface area contributed by atoms with Crippen molar-refractivity contribution in [1.82, 2.24) is 10.2 Å². The molecule has 186 valence electrons. The number of methoxy groups -OCH3 is 1. The summed E-state index contributed by atoms with van der Waals surface area (Å²) in [4.78, 5) is 27.8. The lowest BCUT2D eigenvalue weighted by Gasteiger charge is -2.32. The van der Waals surface area contributed by atoms with Gasteiger partial charge in [-0.25, -0.2) is 8.42 Å². The zero-order valence-corrected chi connectivity index (χ0v) is 21.6. The van der Waals surface area contributed by atoms with Gasteiger partial charge in [-0.15, -0.1) is 0 Å². The van der Waals surface area contributed by atoms with Crippen LogP contribution in [0.3, 0.4) is 0 Å². The summed E-state index contributed by atoms with van der Waals surface area (Å²) in [6.45, 7) is 7.77. The molecule has 0 saturated heterocycles. The molecule has 1 unspecified atom stereocenters. The van der Waals surface area contributed by atoms with Crippen LogP contribution in [0, 0.1) is 12.8 Å². The highest BCUT2D eigenvalue weighted by Crippen LogP contribution is 2.24. The monoisotopic (exact) mass is 489 g/mol. The minimum atomic E-state index is -3.79. The average molecular weight is 490 g/mol. The Morgan fingerprint density at radius 1 is 1.06 bits per heavy atom. The van der Waals surface area contributed by atoms with Gasteiger partial charge >= 0.3 is 0 Å². The quantitative estimate of drug-likeness (QED) is 0.524. The number of rotatable bonds is 11. The molecule has 1 atom stereocenters. The molecule has 0 saturated carbocycles. The number of ether oxygens (including phenoxy) is 1. The second-order valence-electron chi connectivity index (χ2n) is 8.73. The summed E-state index contributed by atoms with van der Waals surface area (Å²) in [5.74, 6) is -0.0473. The highest BCUT2D eigenvalue weighted by molar-refractivity contribution is 7.92.